The molecular weight excluding hydrogens is 281 g/mol. The normalized spacial score (nSPS) is 10.2. The van der Waals surface area contributed by atoms with Gasteiger partial charge in [-0.25, -0.2) is 4.39 Å². The van der Waals surface area contributed by atoms with Gasteiger partial charge in [0.2, 0.25) is 0 Å². The molecule has 0 saturated heterocycles. The monoisotopic (exact) mass is 295 g/mol. The van der Waals surface area contributed by atoms with Gasteiger partial charge < -0.3 is 14.8 Å². The Labute approximate surface area is 122 Å². The molecule has 0 amide bonds. The van der Waals surface area contributed by atoms with Crippen LogP contribution in [0, 0.1) is 5.82 Å². The van der Waals surface area contributed by atoms with Gasteiger partial charge in [-0.3, -0.25) is 0 Å². The number of nitrogens with one attached hydrogen (secondary N) is 1. The van der Waals surface area contributed by atoms with E-state index in [2.05, 4.69) is 5.32 Å². The predicted octanol–water partition coefficient (Wildman–Crippen LogP) is 4.11. The number of ether oxygens (including phenoxy) is 2. The number of hydrogen-bond donors (Lipinski definition) is 1. The highest BCUT2D eigenvalue weighted by molar-refractivity contribution is 6.32. The summed E-state index contributed by atoms with van der Waals surface area (Å²) in [5.74, 6) is 0.465. The van der Waals surface area contributed by atoms with Gasteiger partial charge >= 0.3 is 0 Å². The number of benzene rings is 2. The molecule has 2 rings (SSSR count). The summed E-state index contributed by atoms with van der Waals surface area (Å²) < 4.78 is 23.3. The number of rotatable bonds is 5. The molecule has 106 valence electrons. The maximum absolute atomic E-state index is 13.3. The molecule has 0 atom stereocenters. The van der Waals surface area contributed by atoms with Gasteiger partial charge in [-0.1, -0.05) is 17.7 Å². The van der Waals surface area contributed by atoms with Crippen molar-refractivity contribution in [3.8, 4) is 11.5 Å². The molecule has 0 bridgehead atoms. The lowest BCUT2D eigenvalue weighted by Crippen LogP contribution is -2.00. The van der Waals surface area contributed by atoms with Crippen LogP contribution in [0.3, 0.4) is 0 Å². The summed E-state index contributed by atoms with van der Waals surface area (Å²) >= 11 is 6.06. The van der Waals surface area contributed by atoms with Crippen LogP contribution < -0.4 is 14.8 Å². The summed E-state index contributed by atoms with van der Waals surface area (Å²) in [5, 5.41) is 3.74. The van der Waals surface area contributed by atoms with Crippen molar-refractivity contribution in [2.24, 2.45) is 0 Å². The molecule has 0 aliphatic heterocycles. The van der Waals surface area contributed by atoms with Crippen LogP contribution in [0.25, 0.3) is 0 Å². The topological polar surface area (TPSA) is 30.5 Å². The second-order valence-corrected chi connectivity index (χ2v) is 4.58. The van der Waals surface area contributed by atoms with E-state index in [4.69, 9.17) is 21.1 Å². The van der Waals surface area contributed by atoms with Crippen molar-refractivity contribution in [2.45, 2.75) is 6.54 Å². The molecule has 0 unspecified atom stereocenters. The molecule has 5 heteroatoms. The molecule has 0 radical (unpaired) electrons. The van der Waals surface area contributed by atoms with E-state index in [9.17, 15) is 4.39 Å². The van der Waals surface area contributed by atoms with Crippen molar-refractivity contribution in [3.05, 3.63) is 52.8 Å². The Kier molecular flexibility index (Phi) is 4.69. The van der Waals surface area contributed by atoms with Crippen molar-refractivity contribution in [2.75, 3.05) is 19.5 Å². The van der Waals surface area contributed by atoms with Crippen molar-refractivity contribution in [3.63, 3.8) is 0 Å². The molecule has 3 nitrogen and oxygen atoms in total. The van der Waals surface area contributed by atoms with E-state index in [1.165, 1.54) is 13.2 Å². The smallest absolute Gasteiger partial charge is 0.165 e. The van der Waals surface area contributed by atoms with Crippen LogP contribution in [0.4, 0.5) is 10.1 Å². The molecule has 2 aromatic carbocycles. The van der Waals surface area contributed by atoms with Gasteiger partial charge in [-0.05, 0) is 29.8 Å². The predicted molar refractivity (Wildman–Crippen MR) is 78.3 cm³/mol. The molecule has 1 N–H and O–H groups in total. The Bertz CT molecular complexity index is 604. The summed E-state index contributed by atoms with van der Waals surface area (Å²) in [5.41, 5.74) is 1.77. The zero-order chi connectivity index (χ0) is 14.5. The first-order chi connectivity index (χ1) is 9.63. The SMILES string of the molecule is COc1cc(NCc2ccc(OC)c(Cl)c2)ccc1F. The van der Waals surface area contributed by atoms with Gasteiger partial charge in [0, 0.05) is 18.3 Å². The molecule has 0 aliphatic rings. The van der Waals surface area contributed by atoms with Gasteiger partial charge in [-0.15, -0.1) is 0 Å². The molecular formula is C15H15ClFNO2. The molecule has 0 heterocycles. The lowest BCUT2D eigenvalue weighted by Gasteiger charge is -2.10. The Hall–Kier alpha value is -1.94. The summed E-state index contributed by atoms with van der Waals surface area (Å²) in [6.07, 6.45) is 0. The van der Waals surface area contributed by atoms with Crippen LogP contribution in [-0.4, -0.2) is 14.2 Å². The number of methoxy groups -OCH3 is 2. The van der Waals surface area contributed by atoms with Crippen LogP contribution in [0.5, 0.6) is 11.5 Å². The van der Waals surface area contributed by atoms with E-state index in [1.807, 2.05) is 18.2 Å². The second kappa shape index (κ2) is 6.48. The van der Waals surface area contributed by atoms with Crippen LogP contribution in [0.2, 0.25) is 5.02 Å². The average molecular weight is 296 g/mol. The van der Waals surface area contributed by atoms with E-state index >= 15 is 0 Å². The summed E-state index contributed by atoms with van der Waals surface area (Å²) in [6, 6.07) is 10.2. The summed E-state index contributed by atoms with van der Waals surface area (Å²) in [7, 11) is 3.01. The molecule has 0 fully saturated rings. The van der Waals surface area contributed by atoms with Gasteiger partial charge in [0.15, 0.2) is 11.6 Å². The lowest BCUT2D eigenvalue weighted by atomic mass is 10.2. The Morgan fingerprint density at radius 3 is 2.45 bits per heavy atom. The van der Waals surface area contributed by atoms with Gasteiger partial charge in [0.05, 0.1) is 19.2 Å². The van der Waals surface area contributed by atoms with Crippen molar-refractivity contribution >= 4 is 17.3 Å². The summed E-state index contributed by atoms with van der Waals surface area (Å²) in [6.45, 7) is 0.568. The maximum atomic E-state index is 13.3. The Morgan fingerprint density at radius 2 is 1.80 bits per heavy atom. The van der Waals surface area contributed by atoms with Crippen LogP contribution in [0.15, 0.2) is 36.4 Å². The fourth-order valence-electron chi connectivity index (χ4n) is 1.79. The van der Waals surface area contributed by atoms with Crippen LogP contribution in [0.1, 0.15) is 5.56 Å². The molecule has 0 aromatic heterocycles. The number of halogens is 2. The highest BCUT2D eigenvalue weighted by Crippen LogP contribution is 2.26. The first kappa shape index (κ1) is 14.5. The highest BCUT2D eigenvalue weighted by Gasteiger charge is 2.05. The third-order valence-electron chi connectivity index (χ3n) is 2.86. The third kappa shape index (κ3) is 3.33. The first-order valence-corrected chi connectivity index (χ1v) is 6.41. The van der Waals surface area contributed by atoms with Gasteiger partial charge in [0.25, 0.3) is 0 Å². The minimum atomic E-state index is -0.384. The third-order valence-corrected chi connectivity index (χ3v) is 3.16. The second-order valence-electron chi connectivity index (χ2n) is 4.17. The first-order valence-electron chi connectivity index (χ1n) is 6.04. The van der Waals surface area contributed by atoms with E-state index in [-0.39, 0.29) is 11.6 Å². The van der Waals surface area contributed by atoms with Crippen molar-refractivity contribution in [1.29, 1.82) is 0 Å². The lowest BCUT2D eigenvalue weighted by molar-refractivity contribution is 0.387. The Morgan fingerprint density at radius 1 is 1.05 bits per heavy atom. The molecule has 0 spiro atoms. The summed E-state index contributed by atoms with van der Waals surface area (Å²) in [4.78, 5) is 0. The molecule has 20 heavy (non-hydrogen) atoms. The molecule has 0 aliphatic carbocycles. The number of anilines is 1. The van der Waals surface area contributed by atoms with E-state index in [0.29, 0.717) is 17.3 Å². The fourth-order valence-corrected chi connectivity index (χ4v) is 2.07. The maximum Gasteiger partial charge on any atom is 0.165 e. The van der Waals surface area contributed by atoms with E-state index in [0.717, 1.165) is 11.3 Å². The minimum absolute atomic E-state index is 0.211. The van der Waals surface area contributed by atoms with E-state index < -0.39 is 0 Å². The van der Waals surface area contributed by atoms with Crippen molar-refractivity contribution in [1.82, 2.24) is 0 Å². The van der Waals surface area contributed by atoms with Gasteiger partial charge in [-0.2, -0.15) is 0 Å². The largest absolute Gasteiger partial charge is 0.495 e. The van der Waals surface area contributed by atoms with E-state index in [1.54, 1.807) is 19.2 Å². The Balaban J connectivity index is 2.07. The molecule has 2 aromatic rings. The number of hydrogen-bond acceptors (Lipinski definition) is 3. The quantitative estimate of drug-likeness (QED) is 0.900. The minimum Gasteiger partial charge on any atom is -0.495 e. The standard InChI is InChI=1S/C15H15ClFNO2/c1-19-14-6-3-10(7-12(14)16)9-18-11-4-5-13(17)15(8-11)20-2/h3-8,18H,9H2,1-2H3. The van der Waals surface area contributed by atoms with Crippen LogP contribution in [-0.2, 0) is 6.54 Å². The fraction of sp³-hybridized carbons (Fsp3) is 0.200. The molecule has 0 saturated carbocycles. The zero-order valence-corrected chi connectivity index (χ0v) is 12.0. The van der Waals surface area contributed by atoms with Crippen molar-refractivity contribution < 1.29 is 13.9 Å². The average Bonchev–Trinajstić information content (AvgIpc) is 2.46. The van der Waals surface area contributed by atoms with Gasteiger partial charge in [0.1, 0.15) is 5.75 Å². The zero-order valence-electron chi connectivity index (χ0n) is 11.2. The highest BCUT2D eigenvalue weighted by atomic mass is 35.5. The van der Waals surface area contributed by atoms with Crippen LogP contribution >= 0.6 is 11.6 Å².